The van der Waals surface area contributed by atoms with Crippen molar-refractivity contribution in [1.82, 2.24) is 9.97 Å². The van der Waals surface area contributed by atoms with E-state index in [-0.39, 0.29) is 6.42 Å². The number of carboxylic acids is 1. The number of carbonyl (C=O) groups is 1. The Morgan fingerprint density at radius 1 is 0.967 bits per heavy atom. The predicted octanol–water partition coefficient (Wildman–Crippen LogP) is 5.44. The lowest BCUT2D eigenvalue weighted by molar-refractivity contribution is -0.137. The number of hydrogen-bond donors (Lipinski definition) is 1. The Bertz CT molecular complexity index is 1030. The maximum Gasteiger partial charge on any atom is 0.303 e. The van der Waals surface area contributed by atoms with Gasteiger partial charge < -0.3 is 14.6 Å². The molecule has 0 unspecified atom stereocenters. The lowest BCUT2D eigenvalue weighted by atomic mass is 10.1. The molecule has 8 heteroatoms. The van der Waals surface area contributed by atoms with Gasteiger partial charge >= 0.3 is 5.97 Å². The minimum Gasteiger partial charge on any atom is -0.493 e. The van der Waals surface area contributed by atoms with Crippen LogP contribution in [-0.4, -0.2) is 41.0 Å². The summed E-state index contributed by atoms with van der Waals surface area (Å²) in [4.78, 5) is 20.1. The van der Waals surface area contributed by atoms with Crippen LogP contribution in [0.3, 0.4) is 0 Å². The Morgan fingerprint density at radius 2 is 1.60 bits per heavy atom. The van der Waals surface area contributed by atoms with Crippen molar-refractivity contribution in [2.24, 2.45) is 0 Å². The molecule has 0 bridgehead atoms. The van der Waals surface area contributed by atoms with Crippen LogP contribution >= 0.6 is 23.4 Å². The van der Waals surface area contributed by atoms with Crippen LogP contribution < -0.4 is 9.47 Å². The number of rotatable bonds is 9. The third-order valence-corrected chi connectivity index (χ3v) is 5.48. The lowest BCUT2D eigenvalue weighted by Gasteiger charge is -2.11. The summed E-state index contributed by atoms with van der Waals surface area (Å²) in [6.07, 6.45) is 0.659. The highest BCUT2D eigenvalue weighted by Crippen LogP contribution is 2.34. The summed E-state index contributed by atoms with van der Waals surface area (Å²) in [5.41, 5.74) is 3.26. The second-order valence-corrected chi connectivity index (χ2v) is 7.84. The quantitative estimate of drug-likeness (QED) is 0.267. The van der Waals surface area contributed by atoms with Crippen molar-refractivity contribution in [3.8, 4) is 34.0 Å². The van der Waals surface area contributed by atoms with Crippen molar-refractivity contribution >= 4 is 29.3 Å². The van der Waals surface area contributed by atoms with Crippen LogP contribution in [0.5, 0.6) is 11.5 Å². The molecule has 0 aliphatic rings. The zero-order valence-corrected chi connectivity index (χ0v) is 18.2. The number of halogens is 1. The molecule has 0 fully saturated rings. The van der Waals surface area contributed by atoms with Crippen LogP contribution in [0.25, 0.3) is 22.5 Å². The first-order chi connectivity index (χ1) is 14.5. The number of nitrogens with zero attached hydrogens (tertiary/aromatic N) is 2. The molecule has 3 aromatic rings. The normalized spacial score (nSPS) is 10.6. The fraction of sp³-hybridized carbons (Fsp3) is 0.227. The van der Waals surface area contributed by atoms with Gasteiger partial charge in [-0.3, -0.25) is 4.79 Å². The van der Waals surface area contributed by atoms with Gasteiger partial charge in [-0.2, -0.15) is 0 Å². The highest BCUT2D eigenvalue weighted by molar-refractivity contribution is 7.99. The van der Waals surface area contributed by atoms with Gasteiger partial charge in [0.15, 0.2) is 16.7 Å². The molecule has 3 rings (SSSR count). The molecule has 2 aromatic carbocycles. The van der Waals surface area contributed by atoms with E-state index in [0.717, 1.165) is 22.5 Å². The van der Waals surface area contributed by atoms with E-state index in [1.165, 1.54) is 11.8 Å². The Hall–Kier alpha value is -2.77. The maximum absolute atomic E-state index is 10.8. The summed E-state index contributed by atoms with van der Waals surface area (Å²) in [6.45, 7) is 0. The fourth-order valence-electron chi connectivity index (χ4n) is 2.79. The molecule has 0 atom stereocenters. The third-order valence-electron chi connectivity index (χ3n) is 4.29. The van der Waals surface area contributed by atoms with Crippen LogP contribution in [0.4, 0.5) is 0 Å². The number of ether oxygens (including phenoxy) is 2. The molecule has 0 amide bonds. The molecular weight excluding hydrogens is 424 g/mol. The maximum atomic E-state index is 10.8. The largest absolute Gasteiger partial charge is 0.493 e. The van der Waals surface area contributed by atoms with Gasteiger partial charge in [0.1, 0.15) is 0 Å². The van der Waals surface area contributed by atoms with Crippen molar-refractivity contribution in [1.29, 1.82) is 0 Å². The van der Waals surface area contributed by atoms with E-state index < -0.39 is 5.97 Å². The van der Waals surface area contributed by atoms with Crippen molar-refractivity contribution in [3.63, 3.8) is 0 Å². The first-order valence-corrected chi connectivity index (χ1v) is 10.6. The van der Waals surface area contributed by atoms with Gasteiger partial charge in [-0.25, -0.2) is 9.97 Å². The molecule has 30 heavy (non-hydrogen) atoms. The van der Waals surface area contributed by atoms with E-state index >= 15 is 0 Å². The number of hydrogen-bond acceptors (Lipinski definition) is 6. The molecule has 1 aromatic heterocycles. The average Bonchev–Trinajstić information content (AvgIpc) is 2.76. The molecule has 1 N–H and O–H groups in total. The van der Waals surface area contributed by atoms with E-state index in [1.807, 2.05) is 48.5 Å². The van der Waals surface area contributed by atoms with E-state index in [0.29, 0.717) is 33.9 Å². The predicted molar refractivity (Wildman–Crippen MR) is 119 cm³/mol. The standard InChI is InChI=1S/C22H21ClN2O4S/c1-28-19-10-7-15(12-20(19)29-2)18-13-17(14-5-8-16(23)9-6-14)24-22(25-18)30-11-3-4-21(26)27/h5-10,12-13H,3-4,11H2,1-2H3,(H,26,27). The highest BCUT2D eigenvalue weighted by atomic mass is 35.5. The van der Waals surface area contributed by atoms with Gasteiger partial charge in [-0.1, -0.05) is 35.5 Å². The SMILES string of the molecule is COc1ccc(-c2cc(-c3ccc(Cl)cc3)nc(SCCCC(=O)O)n2)cc1OC. The first kappa shape index (κ1) is 21.9. The van der Waals surface area contributed by atoms with Gasteiger partial charge in [-0.05, 0) is 42.8 Å². The van der Waals surface area contributed by atoms with E-state index in [4.69, 9.17) is 26.2 Å². The van der Waals surface area contributed by atoms with Gasteiger partial charge in [0, 0.05) is 28.3 Å². The molecule has 0 aliphatic heterocycles. The van der Waals surface area contributed by atoms with Crippen LogP contribution in [-0.2, 0) is 4.79 Å². The van der Waals surface area contributed by atoms with Crippen molar-refractivity contribution in [2.45, 2.75) is 18.0 Å². The van der Waals surface area contributed by atoms with Crippen LogP contribution in [0.2, 0.25) is 5.02 Å². The van der Waals surface area contributed by atoms with E-state index in [9.17, 15) is 4.79 Å². The van der Waals surface area contributed by atoms with Crippen LogP contribution in [0.15, 0.2) is 53.7 Å². The topological polar surface area (TPSA) is 81.5 Å². The van der Waals surface area contributed by atoms with Gasteiger partial charge in [0.2, 0.25) is 0 Å². The minimum atomic E-state index is -0.808. The summed E-state index contributed by atoms with van der Waals surface area (Å²) in [5, 5.41) is 10.1. The monoisotopic (exact) mass is 444 g/mol. The first-order valence-electron chi connectivity index (χ1n) is 9.22. The van der Waals surface area contributed by atoms with Crippen LogP contribution in [0, 0.1) is 0 Å². The second kappa shape index (κ2) is 10.3. The van der Waals surface area contributed by atoms with E-state index in [1.54, 1.807) is 14.2 Å². The van der Waals surface area contributed by atoms with Crippen LogP contribution in [0.1, 0.15) is 12.8 Å². The minimum absolute atomic E-state index is 0.117. The zero-order chi connectivity index (χ0) is 21.5. The molecule has 156 valence electrons. The Labute approximate surface area is 184 Å². The number of thioether (sulfide) groups is 1. The summed E-state index contributed by atoms with van der Waals surface area (Å²) in [6, 6.07) is 15.0. The lowest BCUT2D eigenvalue weighted by Crippen LogP contribution is -1.98. The molecule has 0 spiro atoms. The number of aliphatic carboxylic acids is 1. The summed E-state index contributed by atoms with van der Waals surface area (Å²) in [5.74, 6) is 1.05. The molecule has 0 saturated carbocycles. The Balaban J connectivity index is 1.98. The molecule has 0 aliphatic carbocycles. The average molecular weight is 445 g/mol. The molecule has 6 nitrogen and oxygen atoms in total. The molecular formula is C22H21ClN2O4S. The number of methoxy groups -OCH3 is 2. The summed E-state index contributed by atoms with van der Waals surface area (Å²) < 4.78 is 10.7. The summed E-state index contributed by atoms with van der Waals surface area (Å²) >= 11 is 7.45. The van der Waals surface area contributed by atoms with Gasteiger partial charge in [-0.15, -0.1) is 0 Å². The zero-order valence-electron chi connectivity index (χ0n) is 16.6. The summed E-state index contributed by atoms with van der Waals surface area (Å²) in [7, 11) is 3.18. The molecule has 0 radical (unpaired) electrons. The molecule has 1 heterocycles. The van der Waals surface area contributed by atoms with E-state index in [2.05, 4.69) is 9.97 Å². The third kappa shape index (κ3) is 5.64. The Morgan fingerprint density at radius 3 is 2.23 bits per heavy atom. The van der Waals surface area contributed by atoms with Crippen molar-refractivity contribution in [2.75, 3.05) is 20.0 Å². The highest BCUT2D eigenvalue weighted by Gasteiger charge is 2.12. The Kier molecular flexibility index (Phi) is 7.54. The number of aromatic nitrogens is 2. The van der Waals surface area contributed by atoms with Crippen molar-refractivity contribution in [3.05, 3.63) is 53.6 Å². The number of carboxylic acid groups (broad SMARTS) is 1. The van der Waals surface area contributed by atoms with Crippen molar-refractivity contribution < 1.29 is 19.4 Å². The van der Waals surface area contributed by atoms with Gasteiger partial charge in [0.25, 0.3) is 0 Å². The molecule has 0 saturated heterocycles. The number of benzene rings is 2. The second-order valence-electron chi connectivity index (χ2n) is 6.34. The van der Waals surface area contributed by atoms with Gasteiger partial charge in [0.05, 0.1) is 25.6 Å². The fourth-order valence-corrected chi connectivity index (χ4v) is 3.71. The smallest absolute Gasteiger partial charge is 0.303 e.